The van der Waals surface area contributed by atoms with Crippen LogP contribution in [0.3, 0.4) is 0 Å². The minimum absolute atomic E-state index is 0.168. The maximum Gasteiger partial charge on any atom is 0.289 e. The molecule has 0 aromatic heterocycles. The first-order valence-corrected chi connectivity index (χ1v) is 14.8. The van der Waals surface area contributed by atoms with Crippen LogP contribution in [-0.2, 0) is 23.9 Å². The van der Waals surface area contributed by atoms with Crippen molar-refractivity contribution in [2.75, 3.05) is 26.8 Å². The topological polar surface area (TPSA) is 134 Å². The molecule has 1 aliphatic heterocycles. The van der Waals surface area contributed by atoms with Crippen molar-refractivity contribution in [3.63, 3.8) is 0 Å². The highest BCUT2D eigenvalue weighted by Gasteiger charge is 2.38. The van der Waals surface area contributed by atoms with Crippen LogP contribution < -0.4 is 10.6 Å². The molecule has 0 spiro atoms. The summed E-state index contributed by atoms with van der Waals surface area (Å²) in [5.74, 6) is -2.77. The minimum atomic E-state index is -1.07. The Labute approximate surface area is 246 Å². The summed E-state index contributed by atoms with van der Waals surface area (Å²) in [5, 5.41) is 6.96. The second-order valence-electron chi connectivity index (χ2n) is 11.1. The molecule has 42 heavy (non-hydrogen) atoms. The van der Waals surface area contributed by atoms with Crippen molar-refractivity contribution in [3.05, 3.63) is 48.0 Å². The van der Waals surface area contributed by atoms with Crippen molar-refractivity contribution in [1.82, 2.24) is 15.5 Å². The van der Waals surface area contributed by atoms with Gasteiger partial charge in [0.2, 0.25) is 11.7 Å². The van der Waals surface area contributed by atoms with Gasteiger partial charge >= 0.3 is 0 Å². The number of methoxy groups -OCH3 is 1. The van der Waals surface area contributed by atoms with E-state index in [1.807, 2.05) is 30.3 Å². The monoisotopic (exact) mass is 576 g/mol. The SMILES string of the molecule is COCCNC(=O)C(=O)C(C)NC(=O)[C@@H]1CCCN1C(=O)/C(CC1CCCCC1)=N/C(=O)c1ccc2ccccc2c1. The van der Waals surface area contributed by atoms with Crippen LogP contribution in [0.2, 0.25) is 0 Å². The third kappa shape index (κ3) is 7.88. The third-order valence-corrected chi connectivity index (χ3v) is 8.07. The molecular formula is C32H40N4O6. The Morgan fingerprint density at radius 2 is 1.71 bits per heavy atom. The average Bonchev–Trinajstić information content (AvgIpc) is 3.50. The van der Waals surface area contributed by atoms with Gasteiger partial charge in [-0.25, -0.2) is 4.99 Å². The number of Topliss-reactive ketones (excluding diaryl/α,β-unsaturated/α-hetero) is 1. The highest BCUT2D eigenvalue weighted by molar-refractivity contribution is 6.41. The normalized spacial score (nSPS) is 18.5. The highest BCUT2D eigenvalue weighted by Crippen LogP contribution is 2.28. The molecule has 2 aromatic carbocycles. The summed E-state index contributed by atoms with van der Waals surface area (Å²) < 4.78 is 4.87. The largest absolute Gasteiger partial charge is 0.383 e. The molecule has 10 nitrogen and oxygen atoms in total. The second kappa shape index (κ2) is 14.8. The first-order chi connectivity index (χ1) is 20.3. The van der Waals surface area contributed by atoms with Gasteiger partial charge in [0.1, 0.15) is 11.8 Å². The van der Waals surface area contributed by atoms with Crippen LogP contribution in [0.1, 0.15) is 68.6 Å². The van der Waals surface area contributed by atoms with E-state index in [1.54, 1.807) is 12.1 Å². The summed E-state index contributed by atoms with van der Waals surface area (Å²) in [7, 11) is 1.48. The van der Waals surface area contributed by atoms with E-state index in [4.69, 9.17) is 4.74 Å². The number of carbonyl (C=O) groups excluding carboxylic acids is 5. The molecular weight excluding hydrogens is 536 g/mol. The summed E-state index contributed by atoms with van der Waals surface area (Å²) in [6.45, 7) is 2.21. The van der Waals surface area contributed by atoms with Crippen LogP contribution >= 0.6 is 0 Å². The second-order valence-corrected chi connectivity index (χ2v) is 11.1. The van der Waals surface area contributed by atoms with Crippen LogP contribution in [0.4, 0.5) is 0 Å². The number of fused-ring (bicyclic) bond motifs is 1. The van der Waals surface area contributed by atoms with E-state index in [9.17, 15) is 24.0 Å². The van der Waals surface area contributed by atoms with Gasteiger partial charge in [0, 0.05) is 25.8 Å². The van der Waals surface area contributed by atoms with Gasteiger partial charge in [0.05, 0.1) is 12.6 Å². The Morgan fingerprint density at radius 1 is 0.976 bits per heavy atom. The van der Waals surface area contributed by atoms with Crippen molar-refractivity contribution in [1.29, 1.82) is 0 Å². The van der Waals surface area contributed by atoms with Crippen molar-refractivity contribution in [2.24, 2.45) is 10.9 Å². The zero-order chi connectivity index (χ0) is 30.1. The maximum absolute atomic E-state index is 13.9. The molecule has 10 heteroatoms. The van der Waals surface area contributed by atoms with E-state index in [-0.39, 0.29) is 24.8 Å². The summed E-state index contributed by atoms with van der Waals surface area (Å²) in [6.07, 6.45) is 6.61. The smallest absolute Gasteiger partial charge is 0.289 e. The van der Waals surface area contributed by atoms with Gasteiger partial charge in [-0.05, 0) is 55.0 Å². The summed E-state index contributed by atoms with van der Waals surface area (Å²) in [5.41, 5.74) is 0.566. The summed E-state index contributed by atoms with van der Waals surface area (Å²) >= 11 is 0. The molecule has 1 saturated carbocycles. The molecule has 0 bridgehead atoms. The van der Waals surface area contributed by atoms with Gasteiger partial charge in [0.15, 0.2) is 0 Å². The zero-order valence-corrected chi connectivity index (χ0v) is 24.4. The molecule has 2 N–H and O–H groups in total. The van der Waals surface area contributed by atoms with Crippen LogP contribution in [0.15, 0.2) is 47.5 Å². The molecule has 2 fully saturated rings. The highest BCUT2D eigenvalue weighted by atomic mass is 16.5. The molecule has 1 heterocycles. The minimum Gasteiger partial charge on any atom is -0.383 e. The lowest BCUT2D eigenvalue weighted by atomic mass is 9.85. The van der Waals surface area contributed by atoms with Gasteiger partial charge in [-0.3, -0.25) is 24.0 Å². The first kappa shape index (κ1) is 31.0. The fourth-order valence-electron chi connectivity index (χ4n) is 5.73. The predicted octanol–water partition coefficient (Wildman–Crippen LogP) is 3.22. The molecule has 4 amide bonds. The molecule has 2 aliphatic rings. The van der Waals surface area contributed by atoms with Crippen LogP contribution in [0.25, 0.3) is 10.8 Å². The first-order valence-electron chi connectivity index (χ1n) is 14.8. The van der Waals surface area contributed by atoms with Crippen molar-refractivity contribution >= 4 is 45.9 Å². The number of nitrogens with zero attached hydrogens (tertiary/aromatic N) is 2. The van der Waals surface area contributed by atoms with Crippen molar-refractivity contribution < 1.29 is 28.7 Å². The van der Waals surface area contributed by atoms with E-state index in [2.05, 4.69) is 15.6 Å². The van der Waals surface area contributed by atoms with Gasteiger partial charge in [-0.15, -0.1) is 0 Å². The molecule has 2 atom stereocenters. The number of hydrogen-bond donors (Lipinski definition) is 2. The maximum atomic E-state index is 13.9. The van der Waals surface area contributed by atoms with Crippen LogP contribution in [0, 0.1) is 5.92 Å². The van der Waals surface area contributed by atoms with Gasteiger partial charge in [0.25, 0.3) is 17.7 Å². The number of carbonyl (C=O) groups is 5. The van der Waals surface area contributed by atoms with E-state index in [0.717, 1.165) is 42.9 Å². The zero-order valence-electron chi connectivity index (χ0n) is 24.4. The van der Waals surface area contributed by atoms with E-state index >= 15 is 0 Å². The number of ketones is 1. The summed E-state index contributed by atoms with van der Waals surface area (Å²) in [6, 6.07) is 11.2. The van der Waals surface area contributed by atoms with Crippen molar-refractivity contribution in [3.8, 4) is 0 Å². The Bertz CT molecular complexity index is 1350. The summed E-state index contributed by atoms with van der Waals surface area (Å²) in [4.78, 5) is 70.9. The molecule has 224 valence electrons. The molecule has 2 aromatic rings. The average molecular weight is 577 g/mol. The molecule has 1 unspecified atom stereocenters. The van der Waals surface area contributed by atoms with Crippen LogP contribution in [-0.4, -0.2) is 78.9 Å². The fourth-order valence-corrected chi connectivity index (χ4v) is 5.73. The van der Waals surface area contributed by atoms with Gasteiger partial charge in [-0.2, -0.15) is 0 Å². The number of amides is 4. The number of likely N-dealkylation sites (tertiary alicyclic amines) is 1. The molecule has 4 rings (SSSR count). The molecule has 1 aliphatic carbocycles. The Balaban J connectivity index is 1.50. The third-order valence-electron chi connectivity index (χ3n) is 8.07. The van der Waals surface area contributed by atoms with Gasteiger partial charge in [-0.1, -0.05) is 62.4 Å². The number of nitrogens with one attached hydrogen (secondary N) is 2. The Morgan fingerprint density at radius 3 is 2.45 bits per heavy atom. The predicted molar refractivity (Wildman–Crippen MR) is 159 cm³/mol. The van der Waals surface area contributed by atoms with E-state index < -0.39 is 41.5 Å². The van der Waals surface area contributed by atoms with E-state index in [0.29, 0.717) is 31.4 Å². The number of aliphatic imine (C=N–C) groups is 1. The quantitative estimate of drug-likeness (QED) is 0.240. The Hall–Kier alpha value is -3.92. The Kier molecular flexibility index (Phi) is 10.9. The number of rotatable bonds is 11. The van der Waals surface area contributed by atoms with Crippen LogP contribution in [0.5, 0.6) is 0 Å². The standard InChI is InChI=1S/C32H40N4O6/c1-21(28(37)31(40)33-16-18-42-2)34-30(39)27-13-8-17-36(27)32(41)26(19-22-9-4-3-5-10-22)35-29(38)25-15-14-23-11-6-7-12-24(23)20-25/h6-7,11-12,14-15,20-22,27H,3-5,8-10,13,16-19H2,1-2H3,(H,33,40)(H,34,39)/b35-26+/t21?,27-/m0/s1. The molecule has 0 radical (unpaired) electrons. The lowest BCUT2D eigenvalue weighted by Gasteiger charge is -2.27. The van der Waals surface area contributed by atoms with E-state index in [1.165, 1.54) is 18.9 Å². The lowest BCUT2D eigenvalue weighted by molar-refractivity contribution is -0.141. The lowest BCUT2D eigenvalue weighted by Crippen LogP contribution is -2.53. The van der Waals surface area contributed by atoms with Gasteiger partial charge < -0.3 is 20.3 Å². The number of hydrogen-bond acceptors (Lipinski definition) is 6. The number of benzene rings is 2. The fraction of sp³-hybridized carbons (Fsp3) is 0.500. The van der Waals surface area contributed by atoms with Crippen molar-refractivity contribution in [2.45, 2.75) is 70.4 Å². The number of ether oxygens (including phenoxy) is 1. The molecule has 1 saturated heterocycles.